The van der Waals surface area contributed by atoms with Crippen LogP contribution in [0.1, 0.15) is 66.2 Å². The third kappa shape index (κ3) is 15.9. The number of hydrogen-bond acceptors (Lipinski definition) is 12. The first-order valence-corrected chi connectivity index (χ1v) is 16.1. The standard InChI is InChI=1S/2C9H11NO4.2C8H9NO4.Zn/c2*1-6-5-7(11)10(9(6)14)4-2-3-8(12)13;2*1-5-4-6(10)9(8(5)13)3-2-7(11)12;/h2*5H,2-4H2,1H3,(H,12,13);2*4H,2-3H2,1H3,(H,11,12);. The van der Waals surface area contributed by atoms with E-state index in [9.17, 15) is 57.5 Å². The Morgan fingerprint density at radius 1 is 0.400 bits per heavy atom. The normalized spacial score (nSPS) is 15.9. The van der Waals surface area contributed by atoms with Crippen LogP contribution in [-0.4, -0.2) is 137 Å². The minimum atomic E-state index is -1.02. The first-order valence-electron chi connectivity index (χ1n) is 16.1. The Kier molecular flexibility index (Phi) is 20.5. The van der Waals surface area contributed by atoms with E-state index in [1.54, 1.807) is 13.8 Å². The van der Waals surface area contributed by atoms with Gasteiger partial charge in [-0.15, -0.1) is 0 Å². The molecule has 4 aliphatic rings. The molecule has 0 aromatic rings. The Morgan fingerprint density at radius 3 is 0.764 bits per heavy atom. The van der Waals surface area contributed by atoms with Crippen molar-refractivity contribution in [2.45, 2.75) is 66.2 Å². The molecule has 0 fully saturated rings. The van der Waals surface area contributed by atoms with E-state index in [1.807, 2.05) is 0 Å². The molecule has 20 nitrogen and oxygen atoms in total. The number of carbonyl (C=O) groups is 12. The monoisotopic (exact) mass is 824 g/mol. The Hall–Kier alpha value is -5.98. The molecular formula is C34H40N4O16Zn. The Labute approximate surface area is 326 Å². The van der Waals surface area contributed by atoms with Crippen LogP contribution in [0, 0.1) is 0 Å². The molecule has 4 heterocycles. The second-order valence-corrected chi connectivity index (χ2v) is 11.8. The van der Waals surface area contributed by atoms with Crippen LogP contribution >= 0.6 is 0 Å². The molecular weight excluding hydrogens is 786 g/mol. The Morgan fingerprint density at radius 2 is 0.600 bits per heavy atom. The van der Waals surface area contributed by atoms with Gasteiger partial charge in [0.05, 0.1) is 12.8 Å². The van der Waals surface area contributed by atoms with Gasteiger partial charge in [0.15, 0.2) is 0 Å². The molecule has 0 bridgehead atoms. The van der Waals surface area contributed by atoms with Crippen LogP contribution in [0.25, 0.3) is 0 Å². The van der Waals surface area contributed by atoms with E-state index < -0.39 is 47.5 Å². The molecule has 55 heavy (non-hydrogen) atoms. The molecule has 8 amide bonds. The average molecular weight is 826 g/mol. The quantitative estimate of drug-likeness (QED) is 0.131. The summed E-state index contributed by atoms with van der Waals surface area (Å²) in [4.78, 5) is 134. The molecule has 21 heteroatoms. The van der Waals surface area contributed by atoms with E-state index in [2.05, 4.69) is 0 Å². The number of carboxylic acid groups (broad SMARTS) is 4. The fourth-order valence-electron chi connectivity index (χ4n) is 4.59. The summed E-state index contributed by atoms with van der Waals surface area (Å²) in [6.45, 7) is 6.44. The second kappa shape index (κ2) is 22.9. The molecule has 0 saturated carbocycles. The molecule has 0 atom stereocenters. The fraction of sp³-hybridized carbons (Fsp3) is 0.412. The van der Waals surface area contributed by atoms with Crippen LogP contribution in [0.3, 0.4) is 0 Å². The van der Waals surface area contributed by atoms with Crippen molar-refractivity contribution < 1.29 is 97.4 Å². The van der Waals surface area contributed by atoms with Gasteiger partial charge in [0, 0.05) is 105 Å². The number of amides is 8. The van der Waals surface area contributed by atoms with E-state index in [-0.39, 0.29) is 95.0 Å². The number of aliphatic carboxylic acids is 4. The zero-order valence-corrected chi connectivity index (χ0v) is 33.5. The summed E-state index contributed by atoms with van der Waals surface area (Å²) in [5, 5.41) is 33.4. The van der Waals surface area contributed by atoms with Gasteiger partial charge in [0.25, 0.3) is 47.3 Å². The third-order valence-corrected chi connectivity index (χ3v) is 7.40. The van der Waals surface area contributed by atoms with Crippen molar-refractivity contribution in [1.82, 2.24) is 19.6 Å². The molecule has 0 spiro atoms. The summed E-state index contributed by atoms with van der Waals surface area (Å²) in [7, 11) is 0. The van der Waals surface area contributed by atoms with Gasteiger partial charge in [-0.2, -0.15) is 0 Å². The smallest absolute Gasteiger partial charge is 0.305 e. The van der Waals surface area contributed by atoms with E-state index >= 15 is 0 Å². The van der Waals surface area contributed by atoms with Gasteiger partial charge >= 0.3 is 23.9 Å². The van der Waals surface area contributed by atoms with Crippen LogP contribution in [0.4, 0.5) is 0 Å². The van der Waals surface area contributed by atoms with E-state index in [1.165, 1.54) is 38.2 Å². The van der Waals surface area contributed by atoms with E-state index in [0.29, 0.717) is 35.1 Å². The molecule has 0 unspecified atom stereocenters. The number of hydrogen-bond donors (Lipinski definition) is 4. The maximum absolute atomic E-state index is 11.3. The van der Waals surface area contributed by atoms with Crippen LogP contribution < -0.4 is 0 Å². The van der Waals surface area contributed by atoms with Crippen molar-refractivity contribution in [2.75, 3.05) is 26.2 Å². The van der Waals surface area contributed by atoms with Gasteiger partial charge in [-0.25, -0.2) is 0 Å². The SMILES string of the molecule is CC1=CC(=O)N(CCC(=O)O)C1=O.CC1=CC(=O)N(CCC(=O)O)C1=O.CC1=CC(=O)N(CCCC(=O)O)C1=O.CC1=CC(=O)N(CCCC(=O)O)C1=O.[Zn]. The Bertz CT molecular complexity index is 1630. The molecule has 294 valence electrons. The number of carbonyl (C=O) groups excluding carboxylic acids is 8. The predicted octanol–water partition coefficient (Wildman–Crippen LogP) is -0.117. The summed E-state index contributed by atoms with van der Waals surface area (Å²) in [6, 6.07) is 0. The minimum Gasteiger partial charge on any atom is -0.481 e. The average Bonchev–Trinajstić information content (AvgIpc) is 3.66. The topological polar surface area (TPSA) is 299 Å². The van der Waals surface area contributed by atoms with Gasteiger partial charge in [0.1, 0.15) is 0 Å². The predicted molar refractivity (Wildman–Crippen MR) is 180 cm³/mol. The zero-order valence-electron chi connectivity index (χ0n) is 30.6. The molecule has 0 saturated heterocycles. The molecule has 4 rings (SSSR count). The zero-order chi connectivity index (χ0) is 41.4. The molecule has 0 aliphatic carbocycles. The van der Waals surface area contributed by atoms with Crippen molar-refractivity contribution in [2.24, 2.45) is 0 Å². The number of nitrogens with zero attached hydrogens (tertiary/aromatic N) is 4. The Balaban J connectivity index is 0.000000703. The van der Waals surface area contributed by atoms with Gasteiger partial charge in [-0.05, 0) is 40.5 Å². The van der Waals surface area contributed by atoms with Crippen molar-refractivity contribution >= 4 is 71.1 Å². The third-order valence-electron chi connectivity index (χ3n) is 7.40. The summed E-state index contributed by atoms with van der Waals surface area (Å²) in [5.74, 6) is -6.88. The number of rotatable bonds is 14. The molecule has 0 aromatic heterocycles. The molecule has 0 aromatic carbocycles. The summed E-state index contributed by atoms with van der Waals surface area (Å²) >= 11 is 0. The number of carboxylic acids is 4. The molecule has 0 radical (unpaired) electrons. The minimum absolute atomic E-state index is 0. The van der Waals surface area contributed by atoms with E-state index in [0.717, 1.165) is 19.6 Å². The van der Waals surface area contributed by atoms with Crippen LogP contribution in [-0.2, 0) is 77.0 Å². The van der Waals surface area contributed by atoms with Crippen LogP contribution in [0.5, 0.6) is 0 Å². The second-order valence-electron chi connectivity index (χ2n) is 11.8. The van der Waals surface area contributed by atoms with Gasteiger partial charge in [-0.3, -0.25) is 77.1 Å². The number of imide groups is 4. The van der Waals surface area contributed by atoms with Crippen LogP contribution in [0.2, 0.25) is 0 Å². The van der Waals surface area contributed by atoms with Gasteiger partial charge in [-0.1, -0.05) is 0 Å². The van der Waals surface area contributed by atoms with Crippen molar-refractivity contribution in [3.05, 3.63) is 46.6 Å². The first-order chi connectivity index (χ1) is 25.1. The fourth-order valence-corrected chi connectivity index (χ4v) is 4.59. The van der Waals surface area contributed by atoms with Crippen molar-refractivity contribution in [1.29, 1.82) is 0 Å². The van der Waals surface area contributed by atoms with E-state index in [4.69, 9.17) is 20.4 Å². The van der Waals surface area contributed by atoms with Crippen molar-refractivity contribution in [3.8, 4) is 0 Å². The summed E-state index contributed by atoms with van der Waals surface area (Å²) < 4.78 is 0. The maximum Gasteiger partial charge on any atom is 0.305 e. The van der Waals surface area contributed by atoms with Gasteiger partial charge < -0.3 is 20.4 Å². The van der Waals surface area contributed by atoms with Crippen LogP contribution in [0.15, 0.2) is 46.6 Å². The summed E-state index contributed by atoms with van der Waals surface area (Å²) in [5.41, 5.74) is 1.53. The van der Waals surface area contributed by atoms with Crippen molar-refractivity contribution in [3.63, 3.8) is 0 Å². The van der Waals surface area contributed by atoms with Gasteiger partial charge in [0.2, 0.25) is 0 Å². The molecule has 4 N–H and O–H groups in total. The largest absolute Gasteiger partial charge is 0.481 e. The first kappa shape index (κ1) is 49.0. The maximum atomic E-state index is 11.3. The molecule has 4 aliphatic heterocycles. The summed E-state index contributed by atoms with van der Waals surface area (Å²) in [6.07, 6.45) is 5.08.